The van der Waals surface area contributed by atoms with E-state index >= 15 is 0 Å². The summed E-state index contributed by atoms with van der Waals surface area (Å²) in [5.41, 5.74) is 1.90. The van der Waals surface area contributed by atoms with Crippen LogP contribution in [0, 0.1) is 12.7 Å². The van der Waals surface area contributed by atoms with Crippen LogP contribution in [-0.4, -0.2) is 35.4 Å². The first kappa shape index (κ1) is 19.3. The third kappa shape index (κ3) is 3.40. The second-order valence-electron chi connectivity index (χ2n) is 6.17. The Bertz CT molecular complexity index is 1070. The minimum absolute atomic E-state index is 0.0405. The van der Waals surface area contributed by atoms with E-state index < -0.39 is 5.82 Å². The van der Waals surface area contributed by atoms with Crippen molar-refractivity contribution in [2.24, 2.45) is 0 Å². The Hall–Kier alpha value is -2.51. The Kier molecular flexibility index (Phi) is 5.43. The number of nitrogens with zero attached hydrogens (tertiary/aromatic N) is 3. The van der Waals surface area contributed by atoms with Crippen LogP contribution in [0.3, 0.4) is 0 Å². The highest BCUT2D eigenvalue weighted by molar-refractivity contribution is 6.33. The molecule has 1 atom stereocenters. The molecule has 0 aliphatic rings. The quantitative estimate of drug-likeness (QED) is 0.662. The van der Waals surface area contributed by atoms with Crippen LogP contribution in [-0.2, 0) is 4.74 Å². The summed E-state index contributed by atoms with van der Waals surface area (Å²) < 4.78 is 26.0. The Morgan fingerprint density at radius 1 is 1.33 bits per heavy atom. The zero-order valence-electron chi connectivity index (χ0n) is 15.4. The number of benzene rings is 1. The topological polar surface area (TPSA) is 66.2 Å². The van der Waals surface area contributed by atoms with E-state index in [2.05, 4.69) is 9.97 Å². The van der Waals surface area contributed by atoms with Gasteiger partial charge in [0.15, 0.2) is 11.6 Å². The van der Waals surface area contributed by atoms with E-state index in [1.54, 1.807) is 30.9 Å². The summed E-state index contributed by atoms with van der Waals surface area (Å²) in [5, 5.41) is 0.274. The van der Waals surface area contributed by atoms with E-state index in [1.807, 2.05) is 6.92 Å². The second-order valence-corrected chi connectivity index (χ2v) is 6.58. The van der Waals surface area contributed by atoms with Crippen LogP contribution in [0.5, 0.6) is 5.75 Å². The smallest absolute Gasteiger partial charge is 0.272 e. The molecule has 3 rings (SSSR count). The van der Waals surface area contributed by atoms with Crippen molar-refractivity contribution >= 4 is 22.6 Å². The number of fused-ring (bicyclic) bond motifs is 1. The first-order valence-electron chi connectivity index (χ1n) is 8.29. The molecule has 27 heavy (non-hydrogen) atoms. The fraction of sp³-hybridized carbons (Fsp3) is 0.316. The molecular formula is C19H19ClFN3O3. The summed E-state index contributed by atoms with van der Waals surface area (Å²) in [6, 6.07) is 4.13. The van der Waals surface area contributed by atoms with Crippen LogP contribution in [0.2, 0.25) is 5.02 Å². The lowest BCUT2D eigenvalue weighted by molar-refractivity contribution is 0.162. The maximum absolute atomic E-state index is 14.3. The van der Waals surface area contributed by atoms with Gasteiger partial charge in [-0.15, -0.1) is 0 Å². The first-order valence-corrected chi connectivity index (χ1v) is 8.67. The van der Waals surface area contributed by atoms with E-state index in [9.17, 15) is 9.18 Å². The molecule has 0 radical (unpaired) electrons. The zero-order chi connectivity index (χ0) is 19.7. The minimum atomic E-state index is -0.562. The molecule has 0 saturated carbocycles. The predicted molar refractivity (Wildman–Crippen MR) is 102 cm³/mol. The molecule has 0 amide bonds. The average Bonchev–Trinajstić information content (AvgIpc) is 2.64. The van der Waals surface area contributed by atoms with Crippen LogP contribution in [0.25, 0.3) is 22.3 Å². The summed E-state index contributed by atoms with van der Waals surface area (Å²) in [5.74, 6) is -0.521. The Morgan fingerprint density at radius 2 is 2.07 bits per heavy atom. The maximum atomic E-state index is 14.3. The standard InChI is InChI=1S/C19H19ClFN3O3/c1-10(9-26-3)24-15-5-6-22-17(18(15)23-11(2)19(24)25)12-7-14(21)16(27-4)8-13(12)20/h5-8,10H,9H2,1-4H3/t10-/m1/s1. The van der Waals surface area contributed by atoms with Gasteiger partial charge >= 0.3 is 0 Å². The lowest BCUT2D eigenvalue weighted by Gasteiger charge is -2.19. The van der Waals surface area contributed by atoms with Crippen LogP contribution < -0.4 is 10.3 Å². The monoisotopic (exact) mass is 391 g/mol. The zero-order valence-corrected chi connectivity index (χ0v) is 16.2. The molecule has 142 valence electrons. The fourth-order valence-corrected chi connectivity index (χ4v) is 3.31. The lowest BCUT2D eigenvalue weighted by atomic mass is 10.1. The van der Waals surface area contributed by atoms with Gasteiger partial charge in [0.2, 0.25) is 0 Å². The molecule has 2 heterocycles. The molecule has 0 aliphatic heterocycles. The van der Waals surface area contributed by atoms with Gasteiger partial charge in [-0.25, -0.2) is 9.37 Å². The Labute approximate surface area is 160 Å². The second kappa shape index (κ2) is 7.62. The minimum Gasteiger partial charge on any atom is -0.494 e. The largest absolute Gasteiger partial charge is 0.494 e. The van der Waals surface area contributed by atoms with Crippen LogP contribution >= 0.6 is 11.6 Å². The normalized spacial score (nSPS) is 12.4. The molecular weight excluding hydrogens is 373 g/mol. The van der Waals surface area contributed by atoms with E-state index in [0.29, 0.717) is 34.6 Å². The SMILES string of the molecule is COC[C@@H](C)n1c(=O)c(C)nc2c(-c3cc(F)c(OC)cc3Cl)nccc21. The molecule has 8 heteroatoms. The highest BCUT2D eigenvalue weighted by Crippen LogP contribution is 2.35. The van der Waals surface area contributed by atoms with Crippen molar-refractivity contribution in [3.05, 3.63) is 51.3 Å². The van der Waals surface area contributed by atoms with Gasteiger partial charge in [0.25, 0.3) is 5.56 Å². The maximum Gasteiger partial charge on any atom is 0.272 e. The number of halogens is 2. The molecule has 3 aromatic rings. The summed E-state index contributed by atoms with van der Waals surface area (Å²) in [7, 11) is 2.94. The molecule has 0 unspecified atom stereocenters. The van der Waals surface area contributed by atoms with Crippen molar-refractivity contribution < 1.29 is 13.9 Å². The third-order valence-corrected chi connectivity index (χ3v) is 4.63. The van der Waals surface area contributed by atoms with E-state index in [1.165, 1.54) is 19.2 Å². The lowest BCUT2D eigenvalue weighted by Crippen LogP contribution is -2.29. The number of aryl methyl sites for hydroxylation is 1. The summed E-state index contributed by atoms with van der Waals surface area (Å²) in [6.45, 7) is 3.86. The third-order valence-electron chi connectivity index (χ3n) is 4.32. The van der Waals surface area contributed by atoms with Crippen molar-refractivity contribution in [2.75, 3.05) is 20.8 Å². The van der Waals surface area contributed by atoms with Gasteiger partial charge in [-0.05, 0) is 26.0 Å². The van der Waals surface area contributed by atoms with Crippen molar-refractivity contribution in [3.63, 3.8) is 0 Å². The molecule has 0 fully saturated rings. The molecule has 2 aromatic heterocycles. The number of hydrogen-bond acceptors (Lipinski definition) is 5. The summed E-state index contributed by atoms with van der Waals surface area (Å²) >= 11 is 6.34. The van der Waals surface area contributed by atoms with Crippen LogP contribution in [0.1, 0.15) is 18.7 Å². The Morgan fingerprint density at radius 3 is 2.74 bits per heavy atom. The van der Waals surface area contributed by atoms with Crippen molar-refractivity contribution in [1.29, 1.82) is 0 Å². The highest BCUT2D eigenvalue weighted by atomic mass is 35.5. The summed E-state index contributed by atoms with van der Waals surface area (Å²) in [6.07, 6.45) is 1.54. The highest BCUT2D eigenvalue weighted by Gasteiger charge is 2.19. The van der Waals surface area contributed by atoms with Gasteiger partial charge in [0.05, 0.1) is 36.0 Å². The molecule has 0 spiro atoms. The van der Waals surface area contributed by atoms with Gasteiger partial charge in [-0.2, -0.15) is 0 Å². The predicted octanol–water partition coefficient (Wildman–Crippen LogP) is 3.78. The van der Waals surface area contributed by atoms with Gasteiger partial charge < -0.3 is 9.47 Å². The number of pyridine rings is 1. The molecule has 0 bridgehead atoms. The molecule has 0 N–H and O–H groups in total. The van der Waals surface area contributed by atoms with Crippen LogP contribution in [0.4, 0.5) is 4.39 Å². The number of ether oxygens (including phenoxy) is 2. The van der Waals surface area contributed by atoms with E-state index in [-0.39, 0.29) is 22.4 Å². The van der Waals surface area contributed by atoms with E-state index in [4.69, 9.17) is 21.1 Å². The fourth-order valence-electron chi connectivity index (χ4n) is 3.06. The first-order chi connectivity index (χ1) is 12.9. The van der Waals surface area contributed by atoms with Crippen molar-refractivity contribution in [3.8, 4) is 17.0 Å². The summed E-state index contributed by atoms with van der Waals surface area (Å²) in [4.78, 5) is 21.4. The number of hydrogen-bond donors (Lipinski definition) is 0. The van der Waals surface area contributed by atoms with Gasteiger partial charge in [-0.1, -0.05) is 11.6 Å². The van der Waals surface area contributed by atoms with Crippen molar-refractivity contribution in [1.82, 2.24) is 14.5 Å². The van der Waals surface area contributed by atoms with Gasteiger partial charge in [0, 0.05) is 24.9 Å². The number of methoxy groups -OCH3 is 2. The molecule has 1 aromatic carbocycles. The Balaban J connectivity index is 2.34. The van der Waals surface area contributed by atoms with Gasteiger partial charge in [0.1, 0.15) is 11.2 Å². The van der Waals surface area contributed by atoms with Gasteiger partial charge in [-0.3, -0.25) is 14.3 Å². The molecule has 6 nitrogen and oxygen atoms in total. The number of rotatable bonds is 5. The molecule has 0 aliphatic carbocycles. The molecule has 0 saturated heterocycles. The van der Waals surface area contributed by atoms with E-state index in [0.717, 1.165) is 0 Å². The van der Waals surface area contributed by atoms with Crippen molar-refractivity contribution in [2.45, 2.75) is 19.9 Å². The average molecular weight is 392 g/mol. The number of aromatic nitrogens is 3. The van der Waals surface area contributed by atoms with Crippen LogP contribution in [0.15, 0.2) is 29.2 Å².